The van der Waals surface area contributed by atoms with Crippen LogP contribution in [0.1, 0.15) is 26.2 Å². The van der Waals surface area contributed by atoms with Crippen LogP contribution in [0.3, 0.4) is 0 Å². The monoisotopic (exact) mass is 387 g/mol. The van der Waals surface area contributed by atoms with Crippen molar-refractivity contribution in [2.24, 2.45) is 0 Å². The summed E-state index contributed by atoms with van der Waals surface area (Å²) in [6.07, 6.45) is 3.28. The molecule has 2 N–H and O–H groups in total. The summed E-state index contributed by atoms with van der Waals surface area (Å²) in [5.74, 6) is 0. The van der Waals surface area contributed by atoms with E-state index in [1.807, 2.05) is 24.3 Å². The predicted octanol–water partition coefficient (Wildman–Crippen LogP) is 3.29. The molecule has 0 saturated carbocycles. The molecular formula is C15H22IN3O. The number of carbonyl (C=O) groups excluding carboxylic acids is 1. The Labute approximate surface area is 134 Å². The van der Waals surface area contributed by atoms with Crippen LogP contribution in [-0.2, 0) is 0 Å². The molecule has 1 saturated heterocycles. The van der Waals surface area contributed by atoms with E-state index in [1.165, 1.54) is 13.0 Å². The molecule has 0 aromatic heterocycles. The Balaban J connectivity index is 1.75. The number of hydrogen-bond donors (Lipinski definition) is 2. The third kappa shape index (κ3) is 4.94. The number of likely N-dealkylation sites (tertiary alicyclic amines) is 1. The zero-order valence-electron chi connectivity index (χ0n) is 11.9. The van der Waals surface area contributed by atoms with Gasteiger partial charge in [0, 0.05) is 28.4 Å². The molecule has 0 radical (unpaired) electrons. The van der Waals surface area contributed by atoms with Gasteiger partial charge in [-0.15, -0.1) is 0 Å². The molecule has 20 heavy (non-hydrogen) atoms. The standard InChI is InChI=1S/C15H22IN3O/c1-2-8-19-9-6-13(7-10-19)17-15(20)18-14-5-3-4-12(16)11-14/h3-5,11,13H,2,6-10H2,1H3,(H2,17,18,20). The fraction of sp³-hybridized carbons (Fsp3) is 0.533. The molecular weight excluding hydrogens is 365 g/mol. The predicted molar refractivity (Wildman–Crippen MR) is 91.1 cm³/mol. The lowest BCUT2D eigenvalue weighted by atomic mass is 10.1. The molecule has 0 atom stereocenters. The number of rotatable bonds is 4. The first-order chi connectivity index (χ1) is 9.67. The van der Waals surface area contributed by atoms with Gasteiger partial charge in [0.05, 0.1) is 0 Å². The highest BCUT2D eigenvalue weighted by Gasteiger charge is 2.19. The molecule has 0 bridgehead atoms. The number of nitrogens with zero attached hydrogens (tertiary/aromatic N) is 1. The van der Waals surface area contributed by atoms with Gasteiger partial charge >= 0.3 is 6.03 Å². The van der Waals surface area contributed by atoms with Gasteiger partial charge in [0.2, 0.25) is 0 Å². The lowest BCUT2D eigenvalue weighted by Crippen LogP contribution is -2.46. The Bertz CT molecular complexity index is 444. The molecule has 0 spiro atoms. The minimum absolute atomic E-state index is 0.0964. The Hall–Kier alpha value is -0.820. The number of nitrogens with one attached hydrogen (secondary N) is 2. The van der Waals surface area contributed by atoms with Crippen molar-refractivity contribution in [2.75, 3.05) is 25.0 Å². The van der Waals surface area contributed by atoms with Crippen LogP contribution in [0.15, 0.2) is 24.3 Å². The fourth-order valence-electron chi connectivity index (χ4n) is 2.54. The van der Waals surface area contributed by atoms with Crippen LogP contribution >= 0.6 is 22.6 Å². The Morgan fingerprint density at radius 1 is 1.40 bits per heavy atom. The largest absolute Gasteiger partial charge is 0.335 e. The lowest BCUT2D eigenvalue weighted by molar-refractivity contribution is 0.196. The number of halogens is 1. The first-order valence-electron chi connectivity index (χ1n) is 7.23. The summed E-state index contributed by atoms with van der Waals surface area (Å²) in [7, 11) is 0. The van der Waals surface area contributed by atoms with Crippen molar-refractivity contribution in [1.29, 1.82) is 0 Å². The molecule has 1 heterocycles. The summed E-state index contributed by atoms with van der Waals surface area (Å²) >= 11 is 2.24. The topological polar surface area (TPSA) is 44.4 Å². The van der Waals surface area contributed by atoms with E-state index in [9.17, 15) is 4.79 Å². The minimum Gasteiger partial charge on any atom is -0.335 e. The summed E-state index contributed by atoms with van der Waals surface area (Å²) in [4.78, 5) is 14.4. The molecule has 2 rings (SSSR count). The van der Waals surface area contributed by atoms with E-state index in [1.54, 1.807) is 0 Å². The van der Waals surface area contributed by atoms with Crippen LogP contribution in [-0.4, -0.2) is 36.6 Å². The van der Waals surface area contributed by atoms with Gasteiger partial charge in [-0.2, -0.15) is 0 Å². The van der Waals surface area contributed by atoms with E-state index in [0.717, 1.165) is 35.2 Å². The van der Waals surface area contributed by atoms with Crippen molar-refractivity contribution in [2.45, 2.75) is 32.2 Å². The molecule has 0 unspecified atom stereocenters. The molecule has 1 aliphatic rings. The van der Waals surface area contributed by atoms with Gasteiger partial charge in [-0.3, -0.25) is 0 Å². The smallest absolute Gasteiger partial charge is 0.319 e. The van der Waals surface area contributed by atoms with E-state index >= 15 is 0 Å². The van der Waals surface area contributed by atoms with Crippen molar-refractivity contribution in [1.82, 2.24) is 10.2 Å². The molecule has 5 heteroatoms. The number of piperidine rings is 1. The Morgan fingerprint density at radius 3 is 2.80 bits per heavy atom. The maximum absolute atomic E-state index is 12.0. The molecule has 2 amide bonds. The number of amides is 2. The first-order valence-corrected chi connectivity index (χ1v) is 8.30. The van der Waals surface area contributed by atoms with Crippen LogP contribution in [0.5, 0.6) is 0 Å². The highest BCUT2D eigenvalue weighted by molar-refractivity contribution is 14.1. The molecule has 1 fully saturated rings. The van der Waals surface area contributed by atoms with Gasteiger partial charge in [-0.05, 0) is 66.6 Å². The minimum atomic E-state index is -0.0964. The van der Waals surface area contributed by atoms with E-state index in [2.05, 4.69) is 45.0 Å². The second kappa shape index (κ2) is 7.83. The number of anilines is 1. The second-order valence-corrected chi connectivity index (χ2v) is 6.47. The maximum Gasteiger partial charge on any atom is 0.319 e. The van der Waals surface area contributed by atoms with Crippen molar-refractivity contribution in [3.63, 3.8) is 0 Å². The lowest BCUT2D eigenvalue weighted by Gasteiger charge is -2.32. The molecule has 0 aliphatic carbocycles. The van der Waals surface area contributed by atoms with Gasteiger partial charge in [0.1, 0.15) is 0 Å². The van der Waals surface area contributed by atoms with Gasteiger partial charge in [-0.25, -0.2) is 4.79 Å². The van der Waals surface area contributed by atoms with E-state index in [0.29, 0.717) is 6.04 Å². The Kier molecular flexibility index (Phi) is 6.09. The van der Waals surface area contributed by atoms with E-state index in [4.69, 9.17) is 0 Å². The Morgan fingerprint density at radius 2 is 2.15 bits per heavy atom. The van der Waals surface area contributed by atoms with Gasteiger partial charge in [0.25, 0.3) is 0 Å². The van der Waals surface area contributed by atoms with Crippen LogP contribution in [0.4, 0.5) is 10.5 Å². The van der Waals surface area contributed by atoms with Crippen molar-refractivity contribution in [3.05, 3.63) is 27.8 Å². The van der Waals surface area contributed by atoms with Crippen LogP contribution < -0.4 is 10.6 Å². The average molecular weight is 387 g/mol. The summed E-state index contributed by atoms with van der Waals surface area (Å²) in [6, 6.07) is 8.02. The maximum atomic E-state index is 12.0. The molecule has 110 valence electrons. The number of urea groups is 1. The van der Waals surface area contributed by atoms with Crippen LogP contribution in [0.2, 0.25) is 0 Å². The quantitative estimate of drug-likeness (QED) is 0.779. The van der Waals surface area contributed by atoms with Gasteiger partial charge < -0.3 is 15.5 Å². The van der Waals surface area contributed by atoms with Crippen molar-refractivity contribution >= 4 is 34.3 Å². The third-order valence-corrected chi connectivity index (χ3v) is 4.22. The number of benzene rings is 1. The highest BCUT2D eigenvalue weighted by Crippen LogP contribution is 2.13. The highest BCUT2D eigenvalue weighted by atomic mass is 127. The zero-order chi connectivity index (χ0) is 14.4. The SMILES string of the molecule is CCCN1CCC(NC(=O)Nc2cccc(I)c2)CC1. The first kappa shape index (κ1) is 15.6. The molecule has 1 aliphatic heterocycles. The summed E-state index contributed by atoms with van der Waals surface area (Å²) < 4.78 is 1.12. The van der Waals surface area contributed by atoms with E-state index in [-0.39, 0.29) is 6.03 Å². The van der Waals surface area contributed by atoms with Gasteiger partial charge in [-0.1, -0.05) is 13.0 Å². The number of carbonyl (C=O) groups is 1. The fourth-order valence-corrected chi connectivity index (χ4v) is 3.08. The second-order valence-electron chi connectivity index (χ2n) is 5.22. The van der Waals surface area contributed by atoms with Gasteiger partial charge in [0.15, 0.2) is 0 Å². The molecule has 1 aromatic carbocycles. The normalized spacial score (nSPS) is 16.9. The van der Waals surface area contributed by atoms with Crippen molar-refractivity contribution < 1.29 is 4.79 Å². The van der Waals surface area contributed by atoms with Crippen molar-refractivity contribution in [3.8, 4) is 0 Å². The third-order valence-electron chi connectivity index (χ3n) is 3.55. The van der Waals surface area contributed by atoms with Crippen LogP contribution in [0.25, 0.3) is 0 Å². The average Bonchev–Trinajstić information content (AvgIpc) is 2.41. The molecule has 1 aromatic rings. The summed E-state index contributed by atoms with van der Waals surface area (Å²) in [6.45, 7) is 5.55. The zero-order valence-corrected chi connectivity index (χ0v) is 14.0. The number of hydrogen-bond acceptors (Lipinski definition) is 2. The van der Waals surface area contributed by atoms with E-state index < -0.39 is 0 Å². The molecule has 4 nitrogen and oxygen atoms in total. The summed E-state index contributed by atoms with van der Waals surface area (Å²) in [5, 5.41) is 5.97. The summed E-state index contributed by atoms with van der Waals surface area (Å²) in [5.41, 5.74) is 0.845. The van der Waals surface area contributed by atoms with Crippen LogP contribution in [0, 0.1) is 3.57 Å².